The van der Waals surface area contributed by atoms with Gasteiger partial charge in [0.25, 0.3) is 0 Å². The van der Waals surface area contributed by atoms with Crippen molar-refractivity contribution in [2.24, 2.45) is 5.73 Å². The number of hydrogen-bond donors (Lipinski definition) is 2. The molecule has 0 saturated carbocycles. The maximum absolute atomic E-state index is 7.54. The molecule has 3 heteroatoms. The summed E-state index contributed by atoms with van der Waals surface area (Å²) in [4.78, 5) is 0. The molecule has 18 heavy (non-hydrogen) atoms. The normalized spacial score (nSPS) is 10.1. The first-order valence-electron chi connectivity index (χ1n) is 5.76. The number of aryl methyl sites for hydroxylation is 2. The van der Waals surface area contributed by atoms with Gasteiger partial charge in [0.2, 0.25) is 0 Å². The molecule has 0 atom stereocenters. The predicted octanol–water partition coefficient (Wildman–Crippen LogP) is 3.38. The van der Waals surface area contributed by atoms with E-state index in [2.05, 4.69) is 0 Å². The van der Waals surface area contributed by atoms with Crippen LogP contribution in [0.15, 0.2) is 42.5 Å². The Labute approximate surface area is 107 Å². The van der Waals surface area contributed by atoms with Crippen molar-refractivity contribution in [3.63, 3.8) is 0 Å². The molecule has 2 aromatic rings. The lowest BCUT2D eigenvalue weighted by Crippen LogP contribution is -2.12. The molecular formula is C15H16N2O. The summed E-state index contributed by atoms with van der Waals surface area (Å²) in [6.45, 7) is 4.00. The van der Waals surface area contributed by atoms with Crippen molar-refractivity contribution in [3.8, 4) is 11.5 Å². The number of nitrogens with one attached hydrogen (secondary N) is 1. The van der Waals surface area contributed by atoms with Gasteiger partial charge < -0.3 is 10.5 Å². The second-order valence-electron chi connectivity index (χ2n) is 4.33. The number of ether oxygens (including phenoxy) is 1. The van der Waals surface area contributed by atoms with Crippen LogP contribution in [0.4, 0.5) is 0 Å². The Morgan fingerprint density at radius 1 is 1.00 bits per heavy atom. The molecule has 0 unspecified atom stereocenters. The number of nitrogen functional groups attached to an aromatic ring is 1. The highest BCUT2D eigenvalue weighted by atomic mass is 16.5. The Balaban J connectivity index is 2.35. The SMILES string of the molecule is Cc1ccc(Oc2cc(C)ccc2C(=N)N)cc1. The maximum Gasteiger partial charge on any atom is 0.138 e. The van der Waals surface area contributed by atoms with Crippen molar-refractivity contribution in [1.82, 2.24) is 0 Å². The minimum Gasteiger partial charge on any atom is -0.457 e. The van der Waals surface area contributed by atoms with E-state index in [-0.39, 0.29) is 5.84 Å². The van der Waals surface area contributed by atoms with E-state index < -0.39 is 0 Å². The highest BCUT2D eigenvalue weighted by Crippen LogP contribution is 2.26. The average molecular weight is 240 g/mol. The Morgan fingerprint density at radius 3 is 2.22 bits per heavy atom. The molecular weight excluding hydrogens is 224 g/mol. The van der Waals surface area contributed by atoms with E-state index in [0.717, 1.165) is 11.3 Å². The fourth-order valence-electron chi connectivity index (χ4n) is 1.67. The second kappa shape index (κ2) is 4.92. The molecule has 0 saturated heterocycles. The van der Waals surface area contributed by atoms with Gasteiger partial charge in [0.15, 0.2) is 0 Å². The molecule has 0 aliphatic carbocycles. The monoisotopic (exact) mass is 240 g/mol. The molecule has 0 heterocycles. The van der Waals surface area contributed by atoms with Crippen molar-refractivity contribution in [2.75, 3.05) is 0 Å². The lowest BCUT2D eigenvalue weighted by molar-refractivity contribution is 0.481. The Kier molecular flexibility index (Phi) is 3.33. The summed E-state index contributed by atoms with van der Waals surface area (Å²) in [5.74, 6) is 1.37. The molecule has 0 aliphatic rings. The second-order valence-corrected chi connectivity index (χ2v) is 4.33. The van der Waals surface area contributed by atoms with Gasteiger partial charge in [-0.05, 0) is 43.7 Å². The van der Waals surface area contributed by atoms with Gasteiger partial charge in [-0.2, -0.15) is 0 Å². The first-order valence-corrected chi connectivity index (χ1v) is 5.76. The van der Waals surface area contributed by atoms with Crippen LogP contribution in [0, 0.1) is 19.3 Å². The fraction of sp³-hybridized carbons (Fsp3) is 0.133. The number of hydrogen-bond acceptors (Lipinski definition) is 2. The molecule has 0 bridgehead atoms. The Hall–Kier alpha value is -2.29. The largest absolute Gasteiger partial charge is 0.457 e. The van der Waals surface area contributed by atoms with Gasteiger partial charge in [-0.3, -0.25) is 5.41 Å². The molecule has 2 aromatic carbocycles. The first kappa shape index (κ1) is 12.2. The molecule has 2 rings (SSSR count). The van der Waals surface area contributed by atoms with Crippen LogP contribution in [0.25, 0.3) is 0 Å². The van der Waals surface area contributed by atoms with Crippen molar-refractivity contribution < 1.29 is 4.74 Å². The van der Waals surface area contributed by atoms with Gasteiger partial charge in [0.1, 0.15) is 17.3 Å². The van der Waals surface area contributed by atoms with E-state index in [9.17, 15) is 0 Å². The molecule has 92 valence electrons. The van der Waals surface area contributed by atoms with E-state index in [1.807, 2.05) is 50.2 Å². The third kappa shape index (κ3) is 2.69. The number of benzene rings is 2. The van der Waals surface area contributed by atoms with Crippen LogP contribution in [0.3, 0.4) is 0 Å². The number of rotatable bonds is 3. The molecule has 3 N–H and O–H groups in total. The van der Waals surface area contributed by atoms with Crippen LogP contribution in [0.1, 0.15) is 16.7 Å². The minimum absolute atomic E-state index is 0.0112. The molecule has 0 radical (unpaired) electrons. The lowest BCUT2D eigenvalue weighted by atomic mass is 10.1. The summed E-state index contributed by atoms with van der Waals surface area (Å²) >= 11 is 0. The molecule has 3 nitrogen and oxygen atoms in total. The highest BCUT2D eigenvalue weighted by Gasteiger charge is 2.07. The van der Waals surface area contributed by atoms with E-state index in [4.69, 9.17) is 15.9 Å². The summed E-state index contributed by atoms with van der Waals surface area (Å²) in [5, 5.41) is 7.54. The zero-order valence-electron chi connectivity index (χ0n) is 10.5. The van der Waals surface area contributed by atoms with Gasteiger partial charge >= 0.3 is 0 Å². The summed E-state index contributed by atoms with van der Waals surface area (Å²) in [6, 6.07) is 13.4. The first-order chi connectivity index (χ1) is 8.56. The Morgan fingerprint density at radius 2 is 1.61 bits per heavy atom. The lowest BCUT2D eigenvalue weighted by Gasteiger charge is -2.11. The summed E-state index contributed by atoms with van der Waals surface area (Å²) < 4.78 is 5.79. The molecule has 0 fully saturated rings. The van der Waals surface area contributed by atoms with Gasteiger partial charge in [-0.1, -0.05) is 23.8 Å². The standard InChI is InChI=1S/C15H16N2O/c1-10-3-6-12(7-4-10)18-14-9-11(2)5-8-13(14)15(16)17/h3-9H,1-2H3,(H3,16,17). The van der Waals surface area contributed by atoms with Crippen LogP contribution in [-0.4, -0.2) is 5.84 Å². The zero-order chi connectivity index (χ0) is 13.1. The van der Waals surface area contributed by atoms with Gasteiger partial charge in [-0.25, -0.2) is 0 Å². The van der Waals surface area contributed by atoms with E-state index in [0.29, 0.717) is 11.3 Å². The van der Waals surface area contributed by atoms with Crippen LogP contribution < -0.4 is 10.5 Å². The number of amidine groups is 1. The van der Waals surface area contributed by atoms with E-state index >= 15 is 0 Å². The van der Waals surface area contributed by atoms with Crippen LogP contribution in [0.2, 0.25) is 0 Å². The number of nitrogens with two attached hydrogens (primary N) is 1. The van der Waals surface area contributed by atoms with Crippen molar-refractivity contribution in [1.29, 1.82) is 5.41 Å². The van der Waals surface area contributed by atoms with Crippen LogP contribution >= 0.6 is 0 Å². The summed E-state index contributed by atoms with van der Waals surface area (Å²) in [7, 11) is 0. The molecule has 0 aromatic heterocycles. The topological polar surface area (TPSA) is 59.1 Å². The highest BCUT2D eigenvalue weighted by molar-refractivity contribution is 5.97. The maximum atomic E-state index is 7.54. The van der Waals surface area contributed by atoms with Gasteiger partial charge in [0, 0.05) is 0 Å². The summed E-state index contributed by atoms with van der Waals surface area (Å²) in [5.41, 5.74) is 8.41. The van der Waals surface area contributed by atoms with Gasteiger partial charge in [0.05, 0.1) is 5.56 Å². The average Bonchev–Trinajstić information content (AvgIpc) is 2.32. The predicted molar refractivity (Wildman–Crippen MR) is 73.4 cm³/mol. The van der Waals surface area contributed by atoms with E-state index in [1.165, 1.54) is 5.56 Å². The smallest absolute Gasteiger partial charge is 0.138 e. The van der Waals surface area contributed by atoms with Crippen molar-refractivity contribution >= 4 is 5.84 Å². The minimum atomic E-state index is 0.0112. The van der Waals surface area contributed by atoms with Crippen LogP contribution in [0.5, 0.6) is 11.5 Å². The third-order valence-corrected chi connectivity index (χ3v) is 2.68. The summed E-state index contributed by atoms with van der Waals surface area (Å²) in [6.07, 6.45) is 0. The van der Waals surface area contributed by atoms with Gasteiger partial charge in [-0.15, -0.1) is 0 Å². The third-order valence-electron chi connectivity index (χ3n) is 2.68. The van der Waals surface area contributed by atoms with Crippen molar-refractivity contribution in [2.45, 2.75) is 13.8 Å². The molecule has 0 spiro atoms. The Bertz CT molecular complexity index is 574. The van der Waals surface area contributed by atoms with E-state index in [1.54, 1.807) is 6.07 Å². The zero-order valence-corrected chi connectivity index (χ0v) is 10.5. The quantitative estimate of drug-likeness (QED) is 0.638. The molecule has 0 aliphatic heterocycles. The fourth-order valence-corrected chi connectivity index (χ4v) is 1.67. The molecule has 0 amide bonds. The van der Waals surface area contributed by atoms with Crippen molar-refractivity contribution in [3.05, 3.63) is 59.2 Å². The van der Waals surface area contributed by atoms with Crippen LogP contribution in [-0.2, 0) is 0 Å².